The standard InChI is InChI=1S/C8H8BrOPS3/c9-7-1-3-8(4-2-7)10-11(12)13-5-6-14-11/h1-4H,5-6H2. The van der Waals surface area contributed by atoms with Crippen LogP contribution in [0.3, 0.4) is 0 Å². The van der Waals surface area contributed by atoms with E-state index in [4.69, 9.17) is 16.3 Å². The quantitative estimate of drug-likeness (QED) is 0.738. The van der Waals surface area contributed by atoms with Gasteiger partial charge in [0.1, 0.15) is 5.75 Å². The molecule has 1 aliphatic rings. The van der Waals surface area contributed by atoms with Gasteiger partial charge in [-0.1, -0.05) is 38.7 Å². The first-order chi connectivity index (χ1) is 6.68. The molecule has 0 spiro atoms. The third kappa shape index (κ3) is 2.92. The zero-order valence-electron chi connectivity index (χ0n) is 7.18. The Morgan fingerprint density at radius 2 is 1.79 bits per heavy atom. The van der Waals surface area contributed by atoms with E-state index in [-0.39, 0.29) is 0 Å². The molecule has 14 heavy (non-hydrogen) atoms. The Kier molecular flexibility index (Phi) is 3.88. The van der Waals surface area contributed by atoms with E-state index in [9.17, 15) is 0 Å². The van der Waals surface area contributed by atoms with Gasteiger partial charge in [0, 0.05) is 16.0 Å². The molecule has 0 atom stereocenters. The molecule has 0 amide bonds. The van der Waals surface area contributed by atoms with Crippen molar-refractivity contribution >= 4 is 55.2 Å². The lowest BCUT2D eigenvalue weighted by atomic mass is 10.3. The van der Waals surface area contributed by atoms with Crippen molar-refractivity contribution in [2.75, 3.05) is 11.5 Å². The van der Waals surface area contributed by atoms with Crippen LogP contribution in [0.15, 0.2) is 28.7 Å². The highest BCUT2D eigenvalue weighted by Gasteiger charge is 2.26. The van der Waals surface area contributed by atoms with Gasteiger partial charge in [0.25, 0.3) is 0 Å². The van der Waals surface area contributed by atoms with Crippen molar-refractivity contribution in [1.29, 1.82) is 0 Å². The van der Waals surface area contributed by atoms with Crippen LogP contribution >= 0.6 is 43.4 Å². The molecule has 1 heterocycles. The fourth-order valence-electron chi connectivity index (χ4n) is 1.01. The smallest absolute Gasteiger partial charge is 0.222 e. The van der Waals surface area contributed by atoms with Crippen molar-refractivity contribution in [1.82, 2.24) is 0 Å². The molecule has 0 bridgehead atoms. The first-order valence-electron chi connectivity index (χ1n) is 4.02. The van der Waals surface area contributed by atoms with Gasteiger partial charge < -0.3 is 4.52 Å². The van der Waals surface area contributed by atoms with Gasteiger partial charge >= 0.3 is 0 Å². The van der Waals surface area contributed by atoms with Crippen molar-refractivity contribution in [2.45, 2.75) is 0 Å². The number of halogens is 1. The summed E-state index contributed by atoms with van der Waals surface area (Å²) in [6, 6.07) is 7.86. The molecule has 76 valence electrons. The van der Waals surface area contributed by atoms with Crippen LogP contribution in [0, 0.1) is 0 Å². The summed E-state index contributed by atoms with van der Waals surface area (Å²) in [4.78, 5) is 0. The average molecular weight is 327 g/mol. The minimum atomic E-state index is -1.66. The van der Waals surface area contributed by atoms with Gasteiger partial charge in [-0.2, -0.15) is 0 Å². The zero-order valence-corrected chi connectivity index (χ0v) is 12.1. The van der Waals surface area contributed by atoms with Gasteiger partial charge in [-0.3, -0.25) is 0 Å². The number of benzene rings is 1. The molecule has 0 aliphatic carbocycles. The minimum absolute atomic E-state index is 0.887. The van der Waals surface area contributed by atoms with E-state index >= 15 is 0 Å². The molecule has 1 fully saturated rings. The largest absolute Gasteiger partial charge is 0.448 e. The lowest BCUT2D eigenvalue weighted by Crippen LogP contribution is -1.82. The van der Waals surface area contributed by atoms with E-state index in [2.05, 4.69) is 15.9 Å². The van der Waals surface area contributed by atoms with Gasteiger partial charge in [-0.15, -0.1) is 0 Å². The van der Waals surface area contributed by atoms with Crippen LogP contribution in [0.5, 0.6) is 5.75 Å². The third-order valence-electron chi connectivity index (χ3n) is 1.61. The fourth-order valence-corrected chi connectivity index (χ4v) is 10.2. The summed E-state index contributed by atoms with van der Waals surface area (Å²) in [5, 5.41) is 0. The Labute approximate surface area is 105 Å². The Morgan fingerprint density at radius 3 is 2.36 bits per heavy atom. The van der Waals surface area contributed by atoms with E-state index in [1.807, 2.05) is 24.3 Å². The average Bonchev–Trinajstić information content (AvgIpc) is 2.57. The van der Waals surface area contributed by atoms with Gasteiger partial charge in [0.2, 0.25) is 4.67 Å². The van der Waals surface area contributed by atoms with Crippen LogP contribution in [-0.2, 0) is 11.8 Å². The second-order valence-electron chi connectivity index (χ2n) is 2.66. The van der Waals surface area contributed by atoms with E-state index in [0.29, 0.717) is 0 Å². The SMILES string of the molecule is S=P1(Oc2ccc(Br)cc2)SCCS1. The van der Waals surface area contributed by atoms with Crippen molar-refractivity contribution in [3.8, 4) is 5.75 Å². The summed E-state index contributed by atoms with van der Waals surface area (Å²) in [5.41, 5.74) is 0. The molecule has 1 aromatic carbocycles. The summed E-state index contributed by atoms with van der Waals surface area (Å²) >= 11 is 12.5. The lowest BCUT2D eigenvalue weighted by molar-refractivity contribution is 0.637. The molecule has 1 aliphatic heterocycles. The van der Waals surface area contributed by atoms with Crippen molar-refractivity contribution < 1.29 is 4.52 Å². The topological polar surface area (TPSA) is 9.23 Å². The van der Waals surface area contributed by atoms with Crippen LogP contribution < -0.4 is 4.52 Å². The molecular weight excluding hydrogens is 319 g/mol. The predicted molar refractivity (Wildman–Crippen MR) is 74.0 cm³/mol. The fraction of sp³-hybridized carbons (Fsp3) is 0.250. The van der Waals surface area contributed by atoms with E-state index < -0.39 is 4.67 Å². The maximum absolute atomic E-state index is 5.85. The second kappa shape index (κ2) is 4.79. The highest BCUT2D eigenvalue weighted by Crippen LogP contribution is 2.73. The Balaban J connectivity index is 2.10. The Bertz CT molecular complexity index is 357. The van der Waals surface area contributed by atoms with Crippen LogP contribution in [0.2, 0.25) is 0 Å². The highest BCUT2D eigenvalue weighted by molar-refractivity contribution is 9.10. The van der Waals surface area contributed by atoms with Crippen LogP contribution in [0.25, 0.3) is 0 Å². The molecule has 0 N–H and O–H groups in total. The molecule has 1 saturated heterocycles. The molecule has 0 aromatic heterocycles. The van der Waals surface area contributed by atoms with Crippen molar-refractivity contribution in [2.24, 2.45) is 0 Å². The van der Waals surface area contributed by atoms with Crippen LogP contribution in [0.4, 0.5) is 0 Å². The second-order valence-corrected chi connectivity index (χ2v) is 14.2. The highest BCUT2D eigenvalue weighted by atomic mass is 79.9. The summed E-state index contributed by atoms with van der Waals surface area (Å²) in [6.45, 7) is 0. The maximum atomic E-state index is 5.85. The predicted octanol–water partition coefficient (Wildman–Crippen LogP) is 4.53. The van der Waals surface area contributed by atoms with Crippen molar-refractivity contribution in [3.05, 3.63) is 28.7 Å². The first kappa shape index (κ1) is 11.3. The molecule has 1 aromatic rings. The molecule has 0 saturated carbocycles. The minimum Gasteiger partial charge on any atom is -0.448 e. The van der Waals surface area contributed by atoms with Crippen LogP contribution in [-0.4, -0.2) is 11.5 Å². The molecule has 1 nitrogen and oxygen atoms in total. The van der Waals surface area contributed by atoms with E-state index in [0.717, 1.165) is 21.7 Å². The summed E-state index contributed by atoms with van der Waals surface area (Å²) in [5.74, 6) is 3.13. The third-order valence-corrected chi connectivity index (χ3v) is 11.7. The molecule has 0 radical (unpaired) electrons. The molecule has 2 rings (SSSR count). The maximum Gasteiger partial charge on any atom is 0.222 e. The number of hydrogen-bond donors (Lipinski definition) is 0. The van der Waals surface area contributed by atoms with Crippen LogP contribution in [0.1, 0.15) is 0 Å². The Morgan fingerprint density at radius 1 is 1.21 bits per heavy atom. The molecular formula is C8H8BrOPS3. The van der Waals surface area contributed by atoms with Gasteiger partial charge in [-0.05, 0) is 36.1 Å². The lowest BCUT2D eigenvalue weighted by Gasteiger charge is -2.14. The number of hydrogen-bond acceptors (Lipinski definition) is 4. The summed E-state index contributed by atoms with van der Waals surface area (Å²) in [6.07, 6.45) is 0. The zero-order chi connectivity index (χ0) is 10.0. The first-order valence-corrected chi connectivity index (χ1v) is 10.7. The van der Waals surface area contributed by atoms with Gasteiger partial charge in [-0.25, -0.2) is 0 Å². The summed E-state index contributed by atoms with van der Waals surface area (Å²) < 4.78 is 5.26. The van der Waals surface area contributed by atoms with Gasteiger partial charge in [0.15, 0.2) is 0 Å². The van der Waals surface area contributed by atoms with E-state index in [1.165, 1.54) is 0 Å². The van der Waals surface area contributed by atoms with Gasteiger partial charge in [0.05, 0.1) is 0 Å². The molecule has 6 heteroatoms. The normalized spacial score (nSPS) is 19.5. The van der Waals surface area contributed by atoms with E-state index in [1.54, 1.807) is 22.8 Å². The Hall–Kier alpha value is 0.850. The molecule has 0 unspecified atom stereocenters. The summed E-state index contributed by atoms with van der Waals surface area (Å²) in [7, 11) is 0. The number of rotatable bonds is 2. The van der Waals surface area contributed by atoms with Crippen molar-refractivity contribution in [3.63, 3.8) is 0 Å². The monoisotopic (exact) mass is 326 g/mol.